The molecule has 0 spiro atoms. The third-order valence-electron chi connectivity index (χ3n) is 3.50. The van der Waals surface area contributed by atoms with Gasteiger partial charge >= 0.3 is 0 Å². The zero-order valence-electron chi connectivity index (χ0n) is 10.9. The maximum Gasteiger partial charge on any atom is 0.225 e. The summed E-state index contributed by atoms with van der Waals surface area (Å²) in [7, 11) is 0. The van der Waals surface area contributed by atoms with E-state index in [9.17, 15) is 4.79 Å². The van der Waals surface area contributed by atoms with Crippen LogP contribution in [0.4, 0.5) is 11.4 Å². The Morgan fingerprint density at radius 2 is 1.95 bits per heavy atom. The highest BCUT2D eigenvalue weighted by Gasteiger charge is 2.23. The predicted octanol–water partition coefficient (Wildman–Crippen LogP) is 3.83. The Balaban J connectivity index is 1.64. The molecule has 1 aliphatic rings. The number of para-hydroxylation sites is 1. The fraction of sp³-hybridized carbons (Fsp3) is 0.188. The maximum atomic E-state index is 12.1. The Morgan fingerprint density at radius 1 is 1.20 bits per heavy atom. The molecule has 0 saturated heterocycles. The molecule has 1 heterocycles. The van der Waals surface area contributed by atoms with Crippen molar-refractivity contribution in [3.8, 4) is 0 Å². The lowest BCUT2D eigenvalue weighted by molar-refractivity contribution is -0.116. The fourth-order valence-corrected chi connectivity index (χ4v) is 2.87. The number of fused-ring (bicyclic) bond motifs is 1. The smallest absolute Gasteiger partial charge is 0.225 e. The van der Waals surface area contributed by atoms with Gasteiger partial charge in [0.25, 0.3) is 0 Å². The number of nitrogens with one attached hydrogen (secondary N) is 2. The zero-order valence-corrected chi connectivity index (χ0v) is 13.1. The molecule has 1 unspecified atom stereocenters. The highest BCUT2D eigenvalue weighted by molar-refractivity contribution is 14.1. The molecule has 3 nitrogen and oxygen atoms in total. The molecule has 20 heavy (non-hydrogen) atoms. The maximum absolute atomic E-state index is 12.1. The Hall–Kier alpha value is -1.56. The van der Waals surface area contributed by atoms with Crippen LogP contribution in [-0.4, -0.2) is 12.5 Å². The largest absolute Gasteiger partial charge is 0.384 e. The lowest BCUT2D eigenvalue weighted by Crippen LogP contribution is -2.16. The van der Waals surface area contributed by atoms with Gasteiger partial charge in [-0.3, -0.25) is 4.79 Å². The number of halogens is 1. The van der Waals surface area contributed by atoms with Crippen molar-refractivity contribution in [2.45, 2.75) is 12.3 Å². The van der Waals surface area contributed by atoms with Crippen LogP contribution in [0.15, 0.2) is 48.5 Å². The molecule has 4 heteroatoms. The van der Waals surface area contributed by atoms with E-state index in [1.807, 2.05) is 36.4 Å². The van der Waals surface area contributed by atoms with Crippen molar-refractivity contribution < 1.29 is 4.79 Å². The number of benzene rings is 2. The van der Waals surface area contributed by atoms with Crippen LogP contribution < -0.4 is 10.6 Å². The number of carbonyl (C=O) groups excluding carboxylic acids is 1. The normalized spacial score (nSPS) is 16.4. The van der Waals surface area contributed by atoms with Gasteiger partial charge in [0.1, 0.15) is 0 Å². The molecule has 2 N–H and O–H groups in total. The van der Waals surface area contributed by atoms with E-state index < -0.39 is 0 Å². The van der Waals surface area contributed by atoms with Crippen molar-refractivity contribution in [3.05, 3.63) is 57.7 Å². The minimum absolute atomic E-state index is 0.0645. The molecule has 1 amide bonds. The predicted molar refractivity (Wildman–Crippen MR) is 90.1 cm³/mol. The standard InChI is InChI=1S/C16H15IN2O/c17-12-5-7-13(8-6-12)19-16(20)9-11-10-18-15-4-2-1-3-14(11)15/h1-8,11,18H,9-10H2,(H,19,20). The lowest BCUT2D eigenvalue weighted by Gasteiger charge is -2.10. The van der Waals surface area contributed by atoms with Gasteiger partial charge < -0.3 is 10.6 Å². The van der Waals surface area contributed by atoms with Gasteiger partial charge in [0.2, 0.25) is 5.91 Å². The van der Waals surface area contributed by atoms with Crippen LogP contribution in [-0.2, 0) is 4.79 Å². The number of hydrogen-bond donors (Lipinski definition) is 2. The van der Waals surface area contributed by atoms with Crippen LogP contribution in [0.5, 0.6) is 0 Å². The average molecular weight is 378 g/mol. The quantitative estimate of drug-likeness (QED) is 0.798. The molecule has 1 atom stereocenters. The van der Waals surface area contributed by atoms with E-state index >= 15 is 0 Å². The van der Waals surface area contributed by atoms with E-state index in [0.717, 1.165) is 21.5 Å². The second kappa shape index (κ2) is 5.83. The van der Waals surface area contributed by atoms with Gasteiger partial charge in [-0.2, -0.15) is 0 Å². The van der Waals surface area contributed by atoms with Crippen LogP contribution in [0.3, 0.4) is 0 Å². The molecule has 2 aromatic carbocycles. The molecule has 0 radical (unpaired) electrons. The van der Waals surface area contributed by atoms with Crippen LogP contribution in [0.25, 0.3) is 0 Å². The average Bonchev–Trinajstić information content (AvgIpc) is 2.85. The topological polar surface area (TPSA) is 41.1 Å². The summed E-state index contributed by atoms with van der Waals surface area (Å²) < 4.78 is 1.16. The van der Waals surface area contributed by atoms with Crippen molar-refractivity contribution in [2.24, 2.45) is 0 Å². The second-order valence-corrected chi connectivity index (χ2v) is 6.17. The van der Waals surface area contributed by atoms with E-state index in [1.54, 1.807) is 0 Å². The van der Waals surface area contributed by atoms with Crippen molar-refractivity contribution in [3.63, 3.8) is 0 Å². The van der Waals surface area contributed by atoms with Crippen molar-refractivity contribution in [2.75, 3.05) is 17.2 Å². The summed E-state index contributed by atoms with van der Waals surface area (Å²) in [6, 6.07) is 16.0. The highest BCUT2D eigenvalue weighted by Crippen LogP contribution is 2.33. The van der Waals surface area contributed by atoms with Crippen LogP contribution in [0.1, 0.15) is 17.9 Å². The molecule has 2 aromatic rings. The summed E-state index contributed by atoms with van der Waals surface area (Å²) in [4.78, 5) is 12.1. The number of anilines is 2. The highest BCUT2D eigenvalue weighted by atomic mass is 127. The van der Waals surface area contributed by atoms with Crippen LogP contribution >= 0.6 is 22.6 Å². The Bertz CT molecular complexity index is 625. The van der Waals surface area contributed by atoms with Crippen LogP contribution in [0, 0.1) is 3.57 Å². The fourth-order valence-electron chi connectivity index (χ4n) is 2.51. The second-order valence-electron chi connectivity index (χ2n) is 4.92. The Kier molecular flexibility index (Phi) is 3.91. The molecule has 0 aliphatic carbocycles. The first kappa shape index (κ1) is 13.4. The van der Waals surface area contributed by atoms with E-state index in [1.165, 1.54) is 5.56 Å². The van der Waals surface area contributed by atoms with Crippen molar-refractivity contribution in [1.29, 1.82) is 0 Å². The minimum atomic E-state index is 0.0645. The monoisotopic (exact) mass is 378 g/mol. The van der Waals surface area contributed by atoms with E-state index in [-0.39, 0.29) is 11.8 Å². The van der Waals surface area contributed by atoms with E-state index in [0.29, 0.717) is 6.42 Å². The summed E-state index contributed by atoms with van der Waals surface area (Å²) in [5.41, 5.74) is 3.25. The molecule has 102 valence electrons. The first-order valence-corrected chi connectivity index (χ1v) is 7.68. The number of carbonyl (C=O) groups is 1. The summed E-state index contributed by atoms with van der Waals surface area (Å²) in [5, 5.41) is 6.30. The van der Waals surface area contributed by atoms with Gasteiger partial charge in [-0.15, -0.1) is 0 Å². The number of hydrogen-bond acceptors (Lipinski definition) is 2. The number of amides is 1. The molecule has 0 bridgehead atoms. The molecular weight excluding hydrogens is 363 g/mol. The van der Waals surface area contributed by atoms with Gasteiger partial charge in [0.15, 0.2) is 0 Å². The van der Waals surface area contributed by atoms with Gasteiger partial charge in [0.05, 0.1) is 0 Å². The lowest BCUT2D eigenvalue weighted by atomic mass is 9.97. The zero-order chi connectivity index (χ0) is 13.9. The van der Waals surface area contributed by atoms with E-state index in [4.69, 9.17) is 0 Å². The van der Waals surface area contributed by atoms with E-state index in [2.05, 4.69) is 45.4 Å². The summed E-state index contributed by atoms with van der Waals surface area (Å²) in [6.07, 6.45) is 0.510. The first-order valence-electron chi connectivity index (χ1n) is 6.60. The van der Waals surface area contributed by atoms with Gasteiger partial charge in [-0.25, -0.2) is 0 Å². The molecule has 0 aromatic heterocycles. The van der Waals surface area contributed by atoms with Gasteiger partial charge in [-0.1, -0.05) is 18.2 Å². The summed E-state index contributed by atoms with van der Waals surface area (Å²) >= 11 is 2.25. The SMILES string of the molecule is O=C(CC1CNc2ccccc21)Nc1ccc(I)cc1. The summed E-state index contributed by atoms with van der Waals surface area (Å²) in [5.74, 6) is 0.324. The van der Waals surface area contributed by atoms with Gasteiger partial charge in [0, 0.05) is 33.8 Å². The van der Waals surface area contributed by atoms with Gasteiger partial charge in [-0.05, 0) is 58.5 Å². The molecule has 3 rings (SSSR count). The van der Waals surface area contributed by atoms with Crippen LogP contribution in [0.2, 0.25) is 0 Å². The first-order chi connectivity index (χ1) is 9.72. The molecular formula is C16H15IN2O. The Morgan fingerprint density at radius 3 is 2.75 bits per heavy atom. The Labute approximate surface area is 131 Å². The molecule has 1 aliphatic heterocycles. The third-order valence-corrected chi connectivity index (χ3v) is 4.22. The minimum Gasteiger partial charge on any atom is -0.384 e. The third kappa shape index (κ3) is 2.95. The van der Waals surface area contributed by atoms with Crippen molar-refractivity contribution in [1.82, 2.24) is 0 Å². The summed E-state index contributed by atoms with van der Waals surface area (Å²) in [6.45, 7) is 0.833. The van der Waals surface area contributed by atoms with Crippen molar-refractivity contribution >= 4 is 39.9 Å². The molecule has 0 fully saturated rings. The molecule has 0 saturated carbocycles. The number of rotatable bonds is 3.